The van der Waals surface area contributed by atoms with Crippen molar-refractivity contribution in [3.63, 3.8) is 0 Å². The zero-order chi connectivity index (χ0) is 12.4. The number of aromatic nitrogens is 1. The SMILES string of the molecule is NCCc1cccc(-c2ccnc3ccsc23)c1. The normalized spacial score (nSPS) is 10.9. The first-order chi connectivity index (χ1) is 8.88. The van der Waals surface area contributed by atoms with E-state index in [1.165, 1.54) is 21.4 Å². The molecule has 0 aliphatic carbocycles. The minimum Gasteiger partial charge on any atom is -0.330 e. The van der Waals surface area contributed by atoms with Crippen molar-refractivity contribution < 1.29 is 0 Å². The Bertz CT molecular complexity index is 673. The van der Waals surface area contributed by atoms with Gasteiger partial charge in [0.15, 0.2) is 0 Å². The van der Waals surface area contributed by atoms with E-state index in [4.69, 9.17) is 5.73 Å². The van der Waals surface area contributed by atoms with Gasteiger partial charge in [-0.2, -0.15) is 0 Å². The third kappa shape index (κ3) is 2.03. The highest BCUT2D eigenvalue weighted by atomic mass is 32.1. The van der Waals surface area contributed by atoms with Crippen molar-refractivity contribution in [2.45, 2.75) is 6.42 Å². The van der Waals surface area contributed by atoms with E-state index in [-0.39, 0.29) is 0 Å². The average molecular weight is 254 g/mol. The summed E-state index contributed by atoms with van der Waals surface area (Å²) in [5.74, 6) is 0. The monoisotopic (exact) mass is 254 g/mol. The largest absolute Gasteiger partial charge is 0.330 e. The zero-order valence-corrected chi connectivity index (χ0v) is 10.8. The van der Waals surface area contributed by atoms with Crippen LogP contribution in [0.4, 0.5) is 0 Å². The summed E-state index contributed by atoms with van der Waals surface area (Å²) in [6.07, 6.45) is 2.80. The van der Waals surface area contributed by atoms with Crippen LogP contribution in [0.25, 0.3) is 21.3 Å². The van der Waals surface area contributed by atoms with E-state index < -0.39 is 0 Å². The van der Waals surface area contributed by atoms with Crippen LogP contribution in [0.1, 0.15) is 5.56 Å². The predicted molar refractivity (Wildman–Crippen MR) is 77.8 cm³/mol. The molecule has 2 aromatic heterocycles. The Morgan fingerprint density at radius 3 is 3.00 bits per heavy atom. The summed E-state index contributed by atoms with van der Waals surface area (Å²) in [7, 11) is 0. The fourth-order valence-electron chi connectivity index (χ4n) is 2.16. The molecule has 0 saturated carbocycles. The maximum absolute atomic E-state index is 5.62. The summed E-state index contributed by atoms with van der Waals surface area (Å²) in [6.45, 7) is 0.689. The number of pyridine rings is 1. The second-order valence-electron chi connectivity index (χ2n) is 4.23. The van der Waals surface area contributed by atoms with Gasteiger partial charge in [-0.25, -0.2) is 0 Å². The molecular formula is C15H14N2S. The maximum Gasteiger partial charge on any atom is 0.0815 e. The van der Waals surface area contributed by atoms with Crippen molar-refractivity contribution in [3.8, 4) is 11.1 Å². The molecule has 0 spiro atoms. The second-order valence-corrected chi connectivity index (χ2v) is 5.15. The van der Waals surface area contributed by atoms with Gasteiger partial charge in [0, 0.05) is 11.8 Å². The van der Waals surface area contributed by atoms with Crippen LogP contribution in [-0.2, 0) is 6.42 Å². The second kappa shape index (κ2) is 4.88. The van der Waals surface area contributed by atoms with E-state index >= 15 is 0 Å². The molecule has 2 heterocycles. The third-order valence-corrected chi connectivity index (χ3v) is 3.95. The molecule has 0 saturated heterocycles. The minimum atomic E-state index is 0.689. The van der Waals surface area contributed by atoms with Crippen LogP contribution in [0.15, 0.2) is 48.0 Å². The van der Waals surface area contributed by atoms with E-state index in [0.29, 0.717) is 6.54 Å². The molecule has 90 valence electrons. The molecule has 3 aromatic rings. The molecule has 0 aliphatic rings. The molecule has 3 heteroatoms. The van der Waals surface area contributed by atoms with Crippen molar-refractivity contribution >= 4 is 21.6 Å². The molecule has 2 nitrogen and oxygen atoms in total. The van der Waals surface area contributed by atoms with Gasteiger partial charge in [0.2, 0.25) is 0 Å². The van der Waals surface area contributed by atoms with Gasteiger partial charge in [-0.05, 0) is 41.6 Å². The lowest BCUT2D eigenvalue weighted by molar-refractivity contribution is 0.969. The Morgan fingerprint density at radius 2 is 2.11 bits per heavy atom. The molecular weight excluding hydrogens is 240 g/mol. The van der Waals surface area contributed by atoms with E-state index in [9.17, 15) is 0 Å². The lowest BCUT2D eigenvalue weighted by Gasteiger charge is -2.05. The molecule has 18 heavy (non-hydrogen) atoms. The van der Waals surface area contributed by atoms with Crippen molar-refractivity contribution in [2.75, 3.05) is 6.54 Å². The molecule has 0 amide bonds. The van der Waals surface area contributed by atoms with E-state index in [0.717, 1.165) is 11.9 Å². The Balaban J connectivity index is 2.13. The maximum atomic E-state index is 5.62. The highest BCUT2D eigenvalue weighted by Crippen LogP contribution is 2.31. The van der Waals surface area contributed by atoms with Gasteiger partial charge < -0.3 is 5.73 Å². The molecule has 1 aromatic carbocycles. The lowest BCUT2D eigenvalue weighted by Crippen LogP contribution is -2.02. The Labute approximate surface area is 110 Å². The molecule has 3 rings (SSSR count). The molecule has 0 radical (unpaired) electrons. The first kappa shape index (κ1) is 11.4. The van der Waals surface area contributed by atoms with Crippen LogP contribution >= 0.6 is 11.3 Å². The zero-order valence-electron chi connectivity index (χ0n) is 9.97. The number of nitrogens with zero attached hydrogens (tertiary/aromatic N) is 1. The van der Waals surface area contributed by atoms with E-state index in [1.807, 2.05) is 6.20 Å². The fourth-order valence-corrected chi connectivity index (χ4v) is 3.05. The molecule has 0 fully saturated rings. The molecule has 0 bridgehead atoms. The highest BCUT2D eigenvalue weighted by molar-refractivity contribution is 7.17. The smallest absolute Gasteiger partial charge is 0.0815 e. The van der Waals surface area contributed by atoms with Crippen molar-refractivity contribution in [1.82, 2.24) is 4.98 Å². The van der Waals surface area contributed by atoms with Gasteiger partial charge in [0.25, 0.3) is 0 Å². The number of thiophene rings is 1. The fraction of sp³-hybridized carbons (Fsp3) is 0.133. The average Bonchev–Trinajstić information content (AvgIpc) is 2.87. The molecule has 2 N–H and O–H groups in total. The van der Waals surface area contributed by atoms with Gasteiger partial charge in [0.1, 0.15) is 0 Å². The van der Waals surface area contributed by atoms with Gasteiger partial charge >= 0.3 is 0 Å². The van der Waals surface area contributed by atoms with Gasteiger partial charge in [-0.3, -0.25) is 4.98 Å². The number of benzene rings is 1. The van der Waals surface area contributed by atoms with E-state index in [2.05, 4.69) is 46.8 Å². The van der Waals surface area contributed by atoms with Crippen LogP contribution in [0.2, 0.25) is 0 Å². The standard InChI is InChI=1S/C15H14N2S/c16-7-4-11-2-1-3-12(10-11)13-5-8-17-14-6-9-18-15(13)14/h1-3,5-6,8-10H,4,7,16H2. The number of fused-ring (bicyclic) bond motifs is 1. The Hall–Kier alpha value is -1.71. The van der Waals surface area contributed by atoms with E-state index in [1.54, 1.807) is 11.3 Å². The van der Waals surface area contributed by atoms with Crippen LogP contribution in [0.5, 0.6) is 0 Å². The van der Waals surface area contributed by atoms with Crippen LogP contribution in [-0.4, -0.2) is 11.5 Å². The van der Waals surface area contributed by atoms with Crippen LogP contribution < -0.4 is 5.73 Å². The van der Waals surface area contributed by atoms with Crippen LogP contribution in [0.3, 0.4) is 0 Å². The lowest BCUT2D eigenvalue weighted by atomic mass is 10.0. The van der Waals surface area contributed by atoms with Crippen LogP contribution in [0, 0.1) is 0 Å². The van der Waals surface area contributed by atoms with Crippen molar-refractivity contribution in [2.24, 2.45) is 5.73 Å². The summed E-state index contributed by atoms with van der Waals surface area (Å²) < 4.78 is 1.25. The number of hydrogen-bond donors (Lipinski definition) is 1. The summed E-state index contributed by atoms with van der Waals surface area (Å²) in [6, 6.07) is 12.7. The van der Waals surface area contributed by atoms with Gasteiger partial charge in [-0.1, -0.05) is 24.3 Å². The minimum absolute atomic E-state index is 0.689. The Morgan fingerprint density at radius 1 is 1.17 bits per heavy atom. The molecule has 0 atom stereocenters. The first-order valence-corrected chi connectivity index (χ1v) is 6.88. The third-order valence-electron chi connectivity index (χ3n) is 3.01. The topological polar surface area (TPSA) is 38.9 Å². The summed E-state index contributed by atoms with van der Waals surface area (Å²) >= 11 is 1.74. The molecule has 0 aliphatic heterocycles. The Kier molecular flexibility index (Phi) is 3.09. The predicted octanol–water partition coefficient (Wildman–Crippen LogP) is 3.46. The first-order valence-electron chi connectivity index (χ1n) is 6.00. The van der Waals surface area contributed by atoms with Gasteiger partial charge in [0.05, 0.1) is 10.2 Å². The number of rotatable bonds is 3. The molecule has 0 unspecified atom stereocenters. The summed E-state index contributed by atoms with van der Waals surface area (Å²) in [4.78, 5) is 4.38. The number of hydrogen-bond acceptors (Lipinski definition) is 3. The van der Waals surface area contributed by atoms with Crippen molar-refractivity contribution in [3.05, 3.63) is 53.5 Å². The van der Waals surface area contributed by atoms with Crippen molar-refractivity contribution in [1.29, 1.82) is 0 Å². The number of nitrogens with two attached hydrogens (primary N) is 1. The highest BCUT2D eigenvalue weighted by Gasteiger charge is 2.06. The summed E-state index contributed by atoms with van der Waals surface area (Å²) in [5.41, 5.74) is 10.5. The summed E-state index contributed by atoms with van der Waals surface area (Å²) in [5, 5.41) is 2.09. The van der Waals surface area contributed by atoms with Gasteiger partial charge in [-0.15, -0.1) is 11.3 Å². The quantitative estimate of drug-likeness (QED) is 0.777.